The maximum atomic E-state index is 12.4. The molecule has 0 saturated carbocycles. The Bertz CT molecular complexity index is 572. The molecule has 0 aliphatic heterocycles. The molecule has 4 nitrogen and oxygen atoms in total. The number of benzene rings is 2. The lowest BCUT2D eigenvalue weighted by Gasteiger charge is -2.23. The maximum Gasteiger partial charge on any atom is 0.226 e. The average Bonchev–Trinajstić information content (AvgIpc) is 2.60. The third kappa shape index (κ3) is 6.12. The second-order valence-electron chi connectivity index (χ2n) is 5.35. The van der Waals surface area contributed by atoms with Crippen LogP contribution in [0.3, 0.4) is 0 Å². The molecule has 2 N–H and O–H groups in total. The number of rotatable bonds is 9. The van der Waals surface area contributed by atoms with E-state index in [2.05, 4.69) is 0 Å². The lowest BCUT2D eigenvalue weighted by atomic mass is 10.2. The summed E-state index contributed by atoms with van der Waals surface area (Å²) in [6.07, 6.45) is 1.17. The molecule has 0 saturated heterocycles. The van der Waals surface area contributed by atoms with Crippen molar-refractivity contribution in [2.24, 2.45) is 5.73 Å². The molecule has 0 spiro atoms. The molecule has 2 rings (SSSR count). The van der Waals surface area contributed by atoms with E-state index < -0.39 is 0 Å². The summed E-state index contributed by atoms with van der Waals surface area (Å²) in [6.45, 7) is 2.26. The SMILES string of the molecule is NCCCN(Cc1ccccc1)C(=O)CCOc1ccccc1. The predicted molar refractivity (Wildman–Crippen MR) is 92.1 cm³/mol. The number of nitrogens with two attached hydrogens (primary N) is 1. The maximum absolute atomic E-state index is 12.4. The highest BCUT2D eigenvalue weighted by molar-refractivity contribution is 5.76. The fourth-order valence-electron chi connectivity index (χ4n) is 2.31. The lowest BCUT2D eigenvalue weighted by molar-refractivity contribution is -0.132. The number of carbonyl (C=O) groups is 1. The van der Waals surface area contributed by atoms with E-state index in [9.17, 15) is 4.79 Å². The van der Waals surface area contributed by atoms with E-state index in [1.807, 2.05) is 65.6 Å². The second-order valence-corrected chi connectivity index (χ2v) is 5.35. The molecule has 0 fully saturated rings. The van der Waals surface area contributed by atoms with Crippen LogP contribution >= 0.6 is 0 Å². The van der Waals surface area contributed by atoms with Crippen molar-refractivity contribution in [2.45, 2.75) is 19.4 Å². The Hall–Kier alpha value is -2.33. The molecule has 0 aliphatic carbocycles. The van der Waals surface area contributed by atoms with Crippen LogP contribution in [-0.2, 0) is 11.3 Å². The third-order valence-electron chi connectivity index (χ3n) is 3.53. The van der Waals surface area contributed by atoms with Crippen molar-refractivity contribution in [3.8, 4) is 5.75 Å². The quantitative estimate of drug-likeness (QED) is 0.774. The van der Waals surface area contributed by atoms with E-state index in [4.69, 9.17) is 10.5 Å². The smallest absolute Gasteiger partial charge is 0.226 e. The van der Waals surface area contributed by atoms with Gasteiger partial charge in [0.25, 0.3) is 0 Å². The van der Waals surface area contributed by atoms with Gasteiger partial charge in [-0.1, -0.05) is 48.5 Å². The molecule has 1 amide bonds. The van der Waals surface area contributed by atoms with Gasteiger partial charge >= 0.3 is 0 Å². The first-order valence-corrected chi connectivity index (χ1v) is 7.99. The summed E-state index contributed by atoms with van der Waals surface area (Å²) in [5, 5.41) is 0. The standard InChI is InChI=1S/C19H24N2O2/c20-13-7-14-21(16-17-8-3-1-4-9-17)19(22)12-15-23-18-10-5-2-6-11-18/h1-6,8-11H,7,12-16,20H2. The molecule has 0 heterocycles. The van der Waals surface area contributed by atoms with Crippen LogP contribution < -0.4 is 10.5 Å². The van der Waals surface area contributed by atoms with Crippen LogP contribution in [0.15, 0.2) is 60.7 Å². The van der Waals surface area contributed by atoms with Gasteiger partial charge in [-0.05, 0) is 30.7 Å². The van der Waals surface area contributed by atoms with Crippen LogP contribution in [0.4, 0.5) is 0 Å². The molecule has 23 heavy (non-hydrogen) atoms. The first-order valence-electron chi connectivity index (χ1n) is 7.99. The van der Waals surface area contributed by atoms with Crippen molar-refractivity contribution in [3.05, 3.63) is 66.2 Å². The van der Waals surface area contributed by atoms with Gasteiger partial charge in [0.1, 0.15) is 5.75 Å². The van der Waals surface area contributed by atoms with Crippen LogP contribution in [0, 0.1) is 0 Å². The molecule has 4 heteroatoms. The van der Waals surface area contributed by atoms with E-state index in [0.717, 1.165) is 17.7 Å². The molecule has 0 bridgehead atoms. The zero-order valence-corrected chi connectivity index (χ0v) is 13.4. The largest absolute Gasteiger partial charge is 0.493 e. The van der Waals surface area contributed by atoms with Crippen LogP contribution in [0.2, 0.25) is 0 Å². The fourth-order valence-corrected chi connectivity index (χ4v) is 2.31. The Morgan fingerprint density at radius 2 is 1.65 bits per heavy atom. The highest BCUT2D eigenvalue weighted by atomic mass is 16.5. The summed E-state index contributed by atoms with van der Waals surface area (Å²) in [5.41, 5.74) is 6.71. The topological polar surface area (TPSA) is 55.6 Å². The third-order valence-corrected chi connectivity index (χ3v) is 3.53. The number of para-hydroxylation sites is 1. The summed E-state index contributed by atoms with van der Waals surface area (Å²) in [4.78, 5) is 14.3. The van der Waals surface area contributed by atoms with Gasteiger partial charge in [-0.3, -0.25) is 4.79 Å². The molecular formula is C19H24N2O2. The first-order chi connectivity index (χ1) is 11.3. The zero-order chi connectivity index (χ0) is 16.3. The molecule has 0 atom stereocenters. The number of amides is 1. The Morgan fingerprint density at radius 1 is 1.00 bits per heavy atom. The minimum atomic E-state index is 0.0956. The van der Waals surface area contributed by atoms with Crippen molar-refractivity contribution in [1.29, 1.82) is 0 Å². The molecule has 2 aromatic rings. The minimum absolute atomic E-state index is 0.0956. The number of hydrogen-bond acceptors (Lipinski definition) is 3. The fraction of sp³-hybridized carbons (Fsp3) is 0.316. The van der Waals surface area contributed by atoms with Crippen molar-refractivity contribution in [3.63, 3.8) is 0 Å². The number of nitrogens with zero attached hydrogens (tertiary/aromatic N) is 1. The summed E-state index contributed by atoms with van der Waals surface area (Å²) in [7, 11) is 0. The summed E-state index contributed by atoms with van der Waals surface area (Å²) < 4.78 is 5.61. The van der Waals surface area contributed by atoms with Gasteiger partial charge in [0.15, 0.2) is 0 Å². The Balaban J connectivity index is 1.85. The first kappa shape index (κ1) is 17.0. The molecule has 0 radical (unpaired) electrons. The highest BCUT2D eigenvalue weighted by Gasteiger charge is 2.13. The second kappa shape index (κ2) is 9.64. The molecule has 0 unspecified atom stereocenters. The van der Waals surface area contributed by atoms with Crippen molar-refractivity contribution < 1.29 is 9.53 Å². The minimum Gasteiger partial charge on any atom is -0.493 e. The Morgan fingerprint density at radius 3 is 2.30 bits per heavy atom. The van der Waals surface area contributed by atoms with Crippen molar-refractivity contribution >= 4 is 5.91 Å². The van der Waals surface area contributed by atoms with E-state index in [1.54, 1.807) is 0 Å². The average molecular weight is 312 g/mol. The van der Waals surface area contributed by atoms with Crippen LogP contribution in [-0.4, -0.2) is 30.5 Å². The number of carbonyl (C=O) groups excluding carboxylic acids is 1. The highest BCUT2D eigenvalue weighted by Crippen LogP contribution is 2.10. The van der Waals surface area contributed by atoms with Gasteiger partial charge in [0, 0.05) is 13.1 Å². The van der Waals surface area contributed by atoms with Gasteiger partial charge in [0.2, 0.25) is 5.91 Å². The van der Waals surface area contributed by atoms with E-state index in [0.29, 0.717) is 32.7 Å². The van der Waals surface area contributed by atoms with Gasteiger partial charge in [0.05, 0.1) is 13.0 Å². The molecule has 0 aromatic heterocycles. The van der Waals surface area contributed by atoms with E-state index in [1.165, 1.54) is 0 Å². The number of ether oxygens (including phenoxy) is 1. The van der Waals surface area contributed by atoms with Crippen LogP contribution in [0.5, 0.6) is 5.75 Å². The van der Waals surface area contributed by atoms with Gasteiger partial charge in [-0.2, -0.15) is 0 Å². The summed E-state index contributed by atoms with van der Waals surface area (Å²) in [6, 6.07) is 19.6. The summed E-state index contributed by atoms with van der Waals surface area (Å²) in [5.74, 6) is 0.884. The van der Waals surface area contributed by atoms with Crippen molar-refractivity contribution in [2.75, 3.05) is 19.7 Å². The molecular weight excluding hydrogens is 288 g/mol. The Kier molecular flexibility index (Phi) is 7.14. The van der Waals surface area contributed by atoms with Crippen LogP contribution in [0.25, 0.3) is 0 Å². The normalized spacial score (nSPS) is 10.3. The van der Waals surface area contributed by atoms with E-state index >= 15 is 0 Å². The monoisotopic (exact) mass is 312 g/mol. The zero-order valence-electron chi connectivity index (χ0n) is 13.4. The van der Waals surface area contributed by atoms with E-state index in [-0.39, 0.29) is 5.91 Å². The summed E-state index contributed by atoms with van der Waals surface area (Å²) >= 11 is 0. The lowest BCUT2D eigenvalue weighted by Crippen LogP contribution is -2.33. The van der Waals surface area contributed by atoms with Gasteiger partial charge < -0.3 is 15.4 Å². The molecule has 2 aromatic carbocycles. The molecule has 0 aliphatic rings. The molecule has 122 valence electrons. The predicted octanol–water partition coefficient (Wildman–Crippen LogP) is 2.83. The van der Waals surface area contributed by atoms with Gasteiger partial charge in [-0.15, -0.1) is 0 Å². The van der Waals surface area contributed by atoms with Crippen molar-refractivity contribution in [1.82, 2.24) is 4.90 Å². The van der Waals surface area contributed by atoms with Crippen LogP contribution in [0.1, 0.15) is 18.4 Å². The Labute approximate surface area is 137 Å². The van der Waals surface area contributed by atoms with Gasteiger partial charge in [-0.25, -0.2) is 0 Å². The number of hydrogen-bond donors (Lipinski definition) is 1.